The number of halogens is 1. The van der Waals surface area contributed by atoms with E-state index in [4.69, 9.17) is 11.6 Å². The van der Waals surface area contributed by atoms with Crippen molar-refractivity contribution in [3.63, 3.8) is 0 Å². The number of likely N-dealkylation sites (N-methyl/N-ethyl adjacent to an activating group) is 1. The molecule has 1 heterocycles. The van der Waals surface area contributed by atoms with Gasteiger partial charge in [-0.1, -0.05) is 24.4 Å². The highest BCUT2D eigenvalue weighted by Gasteiger charge is 2.28. The Bertz CT molecular complexity index is 443. The predicted molar refractivity (Wildman–Crippen MR) is 78.9 cm³/mol. The number of hydrogen-bond donors (Lipinski definition) is 0. The van der Waals surface area contributed by atoms with Crippen LogP contribution in [0.5, 0.6) is 0 Å². The van der Waals surface area contributed by atoms with Crippen LogP contribution in [0.25, 0.3) is 0 Å². The molecule has 0 unspecified atom stereocenters. The minimum absolute atomic E-state index is 0.0390. The molecule has 1 aliphatic rings. The molecule has 2 rings (SSSR count). The third-order valence-electron chi connectivity index (χ3n) is 3.67. The highest BCUT2D eigenvalue weighted by atomic mass is 35.5. The largest absolute Gasteiger partial charge is 0.333 e. The van der Waals surface area contributed by atoms with Crippen molar-refractivity contribution < 1.29 is 4.79 Å². The maximum Gasteiger partial charge on any atom is 0.274 e. The molecule has 0 spiro atoms. The van der Waals surface area contributed by atoms with Gasteiger partial charge in [-0.05, 0) is 39.1 Å². The van der Waals surface area contributed by atoms with Gasteiger partial charge in [0.25, 0.3) is 5.91 Å². The maximum atomic E-state index is 12.6. The van der Waals surface area contributed by atoms with Gasteiger partial charge in [0.05, 0.1) is 0 Å². The second-order valence-corrected chi connectivity index (χ2v) is 5.87. The minimum Gasteiger partial charge on any atom is -0.333 e. The van der Waals surface area contributed by atoms with Gasteiger partial charge in [-0.25, -0.2) is 0 Å². The minimum atomic E-state index is -0.0390. The number of carbonyl (C=O) groups is 1. The molecule has 0 atom stereocenters. The second-order valence-electron chi connectivity index (χ2n) is 5.48. The van der Waals surface area contributed by atoms with Crippen LogP contribution in [-0.4, -0.2) is 59.1 Å². The van der Waals surface area contributed by atoms with E-state index < -0.39 is 0 Å². The van der Waals surface area contributed by atoms with Gasteiger partial charge >= 0.3 is 0 Å². The lowest BCUT2D eigenvalue weighted by Crippen LogP contribution is -2.43. The fraction of sp³-hybridized carbons (Fsp3) is 0.643. The summed E-state index contributed by atoms with van der Waals surface area (Å²) in [6.45, 7) is 1.57. The maximum absolute atomic E-state index is 12.6. The van der Waals surface area contributed by atoms with Crippen molar-refractivity contribution in [2.75, 3.05) is 27.2 Å². The lowest BCUT2D eigenvalue weighted by molar-refractivity contribution is 0.0660. The Balaban J connectivity index is 2.11. The summed E-state index contributed by atoms with van der Waals surface area (Å²) in [5.41, 5.74) is 0.375. The average Bonchev–Trinajstić information content (AvgIpc) is 2.93. The van der Waals surface area contributed by atoms with Crippen molar-refractivity contribution in [1.82, 2.24) is 20.0 Å². The van der Waals surface area contributed by atoms with Gasteiger partial charge in [-0.2, -0.15) is 0 Å². The summed E-state index contributed by atoms with van der Waals surface area (Å²) in [6.07, 6.45) is 4.56. The third-order valence-corrected chi connectivity index (χ3v) is 3.87. The fourth-order valence-corrected chi connectivity index (χ4v) is 2.65. The molecule has 1 aromatic rings. The molecule has 6 heteroatoms. The predicted octanol–water partition coefficient (Wildman–Crippen LogP) is 2.08. The van der Waals surface area contributed by atoms with Gasteiger partial charge in [-0.3, -0.25) is 4.79 Å². The SMILES string of the molecule is CN(C)CCN(C(=O)c1ccc(Cl)nn1)C1CCCC1. The summed E-state index contributed by atoms with van der Waals surface area (Å²) in [6, 6.07) is 3.59. The Morgan fingerprint density at radius 3 is 2.50 bits per heavy atom. The summed E-state index contributed by atoms with van der Waals surface area (Å²) in [5, 5.41) is 7.98. The van der Waals surface area contributed by atoms with Crippen LogP contribution in [-0.2, 0) is 0 Å². The van der Waals surface area contributed by atoms with Gasteiger partial charge in [0, 0.05) is 19.1 Å². The normalized spacial score (nSPS) is 15.8. The van der Waals surface area contributed by atoms with E-state index in [0.29, 0.717) is 16.9 Å². The summed E-state index contributed by atoms with van der Waals surface area (Å²) in [5.74, 6) is -0.0390. The molecule has 20 heavy (non-hydrogen) atoms. The Hall–Kier alpha value is -1.20. The second kappa shape index (κ2) is 6.99. The molecule has 0 aliphatic heterocycles. The van der Waals surface area contributed by atoms with Gasteiger partial charge in [0.1, 0.15) is 0 Å². The summed E-state index contributed by atoms with van der Waals surface area (Å²) < 4.78 is 0. The molecule has 1 aliphatic carbocycles. The first-order valence-corrected chi connectivity index (χ1v) is 7.40. The van der Waals surface area contributed by atoms with E-state index in [-0.39, 0.29) is 5.91 Å². The summed E-state index contributed by atoms with van der Waals surface area (Å²) in [7, 11) is 4.03. The molecule has 1 saturated carbocycles. The van der Waals surface area contributed by atoms with Crippen LogP contribution in [0.1, 0.15) is 36.2 Å². The number of hydrogen-bond acceptors (Lipinski definition) is 4. The average molecular weight is 297 g/mol. The highest BCUT2D eigenvalue weighted by molar-refractivity contribution is 6.29. The van der Waals surface area contributed by atoms with Gasteiger partial charge in [0.2, 0.25) is 0 Å². The molecule has 1 amide bonds. The molecule has 1 aromatic heterocycles. The molecule has 0 N–H and O–H groups in total. The van der Waals surface area contributed by atoms with E-state index in [1.807, 2.05) is 19.0 Å². The lowest BCUT2D eigenvalue weighted by atomic mass is 10.2. The van der Waals surface area contributed by atoms with Crippen molar-refractivity contribution >= 4 is 17.5 Å². The molecule has 0 aromatic carbocycles. The Labute approximate surface area is 124 Å². The zero-order chi connectivity index (χ0) is 14.5. The van der Waals surface area contributed by atoms with Gasteiger partial charge < -0.3 is 9.80 Å². The molecule has 0 radical (unpaired) electrons. The lowest BCUT2D eigenvalue weighted by Gasteiger charge is -2.29. The van der Waals surface area contributed by atoms with Gasteiger partial charge in [0.15, 0.2) is 10.8 Å². The molecular formula is C14H21ClN4O. The van der Waals surface area contributed by atoms with Crippen molar-refractivity contribution in [2.45, 2.75) is 31.7 Å². The molecule has 110 valence electrons. The Morgan fingerprint density at radius 1 is 1.25 bits per heavy atom. The monoisotopic (exact) mass is 296 g/mol. The van der Waals surface area contributed by atoms with Crippen molar-refractivity contribution in [3.8, 4) is 0 Å². The topological polar surface area (TPSA) is 49.3 Å². The first-order valence-electron chi connectivity index (χ1n) is 7.03. The van der Waals surface area contributed by atoms with Crippen LogP contribution in [0.15, 0.2) is 12.1 Å². The highest BCUT2D eigenvalue weighted by Crippen LogP contribution is 2.24. The quantitative estimate of drug-likeness (QED) is 0.835. The zero-order valence-electron chi connectivity index (χ0n) is 12.0. The van der Waals surface area contributed by atoms with E-state index >= 15 is 0 Å². The molecule has 0 saturated heterocycles. The van der Waals surface area contributed by atoms with E-state index in [0.717, 1.165) is 25.9 Å². The fourth-order valence-electron chi connectivity index (χ4n) is 2.55. The first-order chi connectivity index (χ1) is 9.58. The smallest absolute Gasteiger partial charge is 0.274 e. The van der Waals surface area contributed by atoms with Crippen LogP contribution < -0.4 is 0 Å². The van der Waals surface area contributed by atoms with Crippen LogP contribution >= 0.6 is 11.6 Å². The first kappa shape index (κ1) is 15.2. The standard InChI is InChI=1S/C14H21ClN4O/c1-18(2)9-10-19(11-5-3-4-6-11)14(20)12-7-8-13(15)17-16-12/h7-8,11H,3-6,9-10H2,1-2H3. The zero-order valence-corrected chi connectivity index (χ0v) is 12.8. The van der Waals surface area contributed by atoms with Crippen LogP contribution in [0, 0.1) is 0 Å². The number of nitrogens with zero attached hydrogens (tertiary/aromatic N) is 4. The van der Waals surface area contributed by atoms with Crippen molar-refractivity contribution in [3.05, 3.63) is 23.0 Å². The van der Waals surface area contributed by atoms with E-state index in [2.05, 4.69) is 15.1 Å². The summed E-state index contributed by atoms with van der Waals surface area (Å²) >= 11 is 5.72. The molecule has 1 fully saturated rings. The number of aromatic nitrogens is 2. The van der Waals surface area contributed by atoms with E-state index in [9.17, 15) is 4.79 Å². The number of carbonyl (C=O) groups excluding carboxylic acids is 1. The number of rotatable bonds is 5. The molecular weight excluding hydrogens is 276 g/mol. The van der Waals surface area contributed by atoms with Crippen molar-refractivity contribution in [2.24, 2.45) is 0 Å². The summed E-state index contributed by atoms with van der Waals surface area (Å²) in [4.78, 5) is 16.7. The van der Waals surface area contributed by atoms with Crippen LogP contribution in [0.3, 0.4) is 0 Å². The van der Waals surface area contributed by atoms with Crippen LogP contribution in [0.4, 0.5) is 0 Å². The Kier molecular flexibility index (Phi) is 5.31. The number of amides is 1. The molecule has 5 nitrogen and oxygen atoms in total. The Morgan fingerprint density at radius 2 is 1.95 bits per heavy atom. The van der Waals surface area contributed by atoms with Crippen molar-refractivity contribution in [1.29, 1.82) is 0 Å². The van der Waals surface area contributed by atoms with Crippen LogP contribution in [0.2, 0.25) is 5.15 Å². The van der Waals surface area contributed by atoms with Gasteiger partial charge in [-0.15, -0.1) is 10.2 Å². The van der Waals surface area contributed by atoms with E-state index in [1.165, 1.54) is 12.8 Å². The third kappa shape index (κ3) is 3.90. The molecule has 0 bridgehead atoms. The van der Waals surface area contributed by atoms with E-state index in [1.54, 1.807) is 12.1 Å².